The van der Waals surface area contributed by atoms with Gasteiger partial charge in [-0.2, -0.15) is 0 Å². The molecule has 2 atom stereocenters. The van der Waals surface area contributed by atoms with Gasteiger partial charge in [-0.1, -0.05) is 32.4 Å². The van der Waals surface area contributed by atoms with E-state index in [2.05, 4.69) is 32.9 Å². The molecule has 1 rings (SSSR count). The Labute approximate surface area is 104 Å². The van der Waals surface area contributed by atoms with Crippen LogP contribution >= 0.6 is 11.6 Å². The molecule has 0 heterocycles. The molecule has 1 nitrogen and oxygen atoms in total. The monoisotopic (exact) mass is 240 g/mol. The molecule has 0 spiro atoms. The lowest BCUT2D eigenvalue weighted by Gasteiger charge is -2.15. The summed E-state index contributed by atoms with van der Waals surface area (Å²) in [6.45, 7) is 6.49. The van der Waals surface area contributed by atoms with Crippen LogP contribution in [0.4, 0.5) is 0 Å². The van der Waals surface area contributed by atoms with Crippen LogP contribution in [0.2, 0.25) is 0 Å². The Hall–Kier alpha value is -0.690. The Bertz CT molecular complexity index is 336. The van der Waals surface area contributed by atoms with Crippen LogP contribution in [0.25, 0.3) is 0 Å². The van der Waals surface area contributed by atoms with Crippen LogP contribution in [0.15, 0.2) is 18.2 Å². The first-order valence-electron chi connectivity index (χ1n) is 5.87. The van der Waals surface area contributed by atoms with Gasteiger partial charge in [-0.15, -0.1) is 11.6 Å². The number of ether oxygens (including phenoxy) is 1. The molecule has 1 aromatic rings. The molecule has 0 aliphatic rings. The van der Waals surface area contributed by atoms with Gasteiger partial charge in [0.1, 0.15) is 5.75 Å². The van der Waals surface area contributed by atoms with E-state index < -0.39 is 0 Å². The maximum absolute atomic E-state index is 6.41. The third kappa shape index (κ3) is 3.41. The predicted octanol–water partition coefficient (Wildman–Crippen LogP) is 4.72. The van der Waals surface area contributed by atoms with Gasteiger partial charge in [0.2, 0.25) is 0 Å². The van der Waals surface area contributed by atoms with Gasteiger partial charge < -0.3 is 4.74 Å². The molecule has 0 N–H and O–H groups in total. The molecule has 2 heteroatoms. The molecule has 2 unspecified atom stereocenters. The van der Waals surface area contributed by atoms with Crippen LogP contribution in [-0.2, 0) is 0 Å². The SMILES string of the molecule is CCC(C)CC(Cl)c1ccc(OC)c(C)c1. The minimum absolute atomic E-state index is 0.111. The minimum atomic E-state index is 0.111. The van der Waals surface area contributed by atoms with Crippen molar-refractivity contribution < 1.29 is 4.74 Å². The number of halogens is 1. The van der Waals surface area contributed by atoms with Crippen molar-refractivity contribution in [3.05, 3.63) is 29.3 Å². The Morgan fingerprint density at radius 3 is 2.56 bits per heavy atom. The van der Waals surface area contributed by atoms with Crippen molar-refractivity contribution in [2.24, 2.45) is 5.92 Å². The Balaban J connectivity index is 2.76. The van der Waals surface area contributed by atoms with Gasteiger partial charge in [-0.05, 0) is 36.5 Å². The normalized spacial score (nSPS) is 14.6. The molecule has 0 aromatic heterocycles. The highest BCUT2D eigenvalue weighted by Crippen LogP contribution is 2.31. The van der Waals surface area contributed by atoms with E-state index >= 15 is 0 Å². The van der Waals surface area contributed by atoms with Crippen molar-refractivity contribution in [3.63, 3.8) is 0 Å². The lowest BCUT2D eigenvalue weighted by Crippen LogP contribution is -2.00. The molecular weight excluding hydrogens is 220 g/mol. The summed E-state index contributed by atoms with van der Waals surface area (Å²) in [4.78, 5) is 0. The minimum Gasteiger partial charge on any atom is -0.496 e. The molecule has 0 radical (unpaired) electrons. The molecule has 0 amide bonds. The summed E-state index contributed by atoms with van der Waals surface area (Å²) in [5.41, 5.74) is 2.34. The van der Waals surface area contributed by atoms with Crippen LogP contribution in [0, 0.1) is 12.8 Å². The van der Waals surface area contributed by atoms with Crippen molar-refractivity contribution in [2.45, 2.75) is 39.0 Å². The number of alkyl halides is 1. The number of benzene rings is 1. The topological polar surface area (TPSA) is 9.23 Å². The van der Waals surface area contributed by atoms with E-state index in [4.69, 9.17) is 16.3 Å². The van der Waals surface area contributed by atoms with Gasteiger partial charge in [0.05, 0.1) is 12.5 Å². The number of rotatable bonds is 5. The molecule has 90 valence electrons. The maximum atomic E-state index is 6.41. The van der Waals surface area contributed by atoms with Crippen molar-refractivity contribution in [2.75, 3.05) is 7.11 Å². The molecule has 0 aliphatic carbocycles. The fourth-order valence-corrected chi connectivity index (χ4v) is 2.19. The summed E-state index contributed by atoms with van der Waals surface area (Å²) >= 11 is 6.41. The Morgan fingerprint density at radius 2 is 2.06 bits per heavy atom. The largest absolute Gasteiger partial charge is 0.496 e. The van der Waals surface area contributed by atoms with Crippen molar-refractivity contribution in [1.29, 1.82) is 0 Å². The fraction of sp³-hybridized carbons (Fsp3) is 0.571. The van der Waals surface area contributed by atoms with E-state index in [0.29, 0.717) is 5.92 Å². The maximum Gasteiger partial charge on any atom is 0.121 e. The van der Waals surface area contributed by atoms with E-state index in [1.165, 1.54) is 12.0 Å². The molecule has 0 bridgehead atoms. The van der Waals surface area contributed by atoms with E-state index in [0.717, 1.165) is 17.7 Å². The zero-order valence-corrected chi connectivity index (χ0v) is 11.3. The molecule has 0 aliphatic heterocycles. The van der Waals surface area contributed by atoms with Gasteiger partial charge in [0.15, 0.2) is 0 Å². The highest BCUT2D eigenvalue weighted by atomic mass is 35.5. The third-order valence-corrected chi connectivity index (χ3v) is 3.52. The number of hydrogen-bond acceptors (Lipinski definition) is 1. The van der Waals surface area contributed by atoms with Crippen molar-refractivity contribution >= 4 is 11.6 Å². The first-order valence-corrected chi connectivity index (χ1v) is 6.30. The second-order valence-corrected chi connectivity index (χ2v) is 4.97. The van der Waals surface area contributed by atoms with Gasteiger partial charge in [0, 0.05) is 0 Å². The zero-order valence-electron chi connectivity index (χ0n) is 10.6. The number of hydrogen-bond donors (Lipinski definition) is 0. The molecule has 16 heavy (non-hydrogen) atoms. The quantitative estimate of drug-likeness (QED) is 0.677. The summed E-state index contributed by atoms with van der Waals surface area (Å²) in [6, 6.07) is 6.18. The zero-order chi connectivity index (χ0) is 12.1. The summed E-state index contributed by atoms with van der Waals surface area (Å²) in [7, 11) is 1.69. The predicted molar refractivity (Wildman–Crippen MR) is 70.4 cm³/mol. The van der Waals surface area contributed by atoms with Crippen LogP contribution in [0.1, 0.15) is 43.2 Å². The summed E-state index contributed by atoms with van der Waals surface area (Å²) in [5, 5.41) is 0.111. The van der Waals surface area contributed by atoms with Gasteiger partial charge in [0.25, 0.3) is 0 Å². The van der Waals surface area contributed by atoms with E-state index in [1.54, 1.807) is 7.11 Å². The molecule has 0 fully saturated rings. The van der Waals surface area contributed by atoms with E-state index in [9.17, 15) is 0 Å². The average Bonchev–Trinajstić information content (AvgIpc) is 2.28. The fourth-order valence-electron chi connectivity index (χ4n) is 1.75. The highest BCUT2D eigenvalue weighted by Gasteiger charge is 2.12. The Kier molecular flexibility index (Phi) is 5.14. The second-order valence-electron chi connectivity index (χ2n) is 4.45. The lowest BCUT2D eigenvalue weighted by atomic mass is 9.97. The summed E-state index contributed by atoms with van der Waals surface area (Å²) in [5.74, 6) is 1.60. The number of methoxy groups -OCH3 is 1. The Morgan fingerprint density at radius 1 is 1.38 bits per heavy atom. The standard InChI is InChI=1S/C14H21ClO/c1-5-10(2)8-13(15)12-6-7-14(16-4)11(3)9-12/h6-7,9-10,13H,5,8H2,1-4H3. The first kappa shape index (κ1) is 13.4. The molecular formula is C14H21ClO. The molecule has 0 saturated carbocycles. The summed E-state index contributed by atoms with van der Waals surface area (Å²) < 4.78 is 5.24. The first-order chi connectivity index (χ1) is 7.58. The highest BCUT2D eigenvalue weighted by molar-refractivity contribution is 6.20. The third-order valence-electron chi connectivity index (χ3n) is 3.09. The lowest BCUT2D eigenvalue weighted by molar-refractivity contribution is 0.411. The van der Waals surface area contributed by atoms with Crippen molar-refractivity contribution in [1.82, 2.24) is 0 Å². The van der Waals surface area contributed by atoms with Crippen LogP contribution in [0.5, 0.6) is 5.75 Å². The van der Waals surface area contributed by atoms with Crippen LogP contribution in [0.3, 0.4) is 0 Å². The second kappa shape index (κ2) is 6.15. The van der Waals surface area contributed by atoms with E-state index in [1.807, 2.05) is 6.07 Å². The summed E-state index contributed by atoms with van der Waals surface area (Å²) in [6.07, 6.45) is 2.21. The van der Waals surface area contributed by atoms with Crippen LogP contribution < -0.4 is 4.74 Å². The van der Waals surface area contributed by atoms with Gasteiger partial charge >= 0.3 is 0 Å². The average molecular weight is 241 g/mol. The van der Waals surface area contributed by atoms with Crippen LogP contribution in [-0.4, -0.2) is 7.11 Å². The van der Waals surface area contributed by atoms with Crippen molar-refractivity contribution in [3.8, 4) is 5.75 Å². The smallest absolute Gasteiger partial charge is 0.121 e. The number of aryl methyl sites for hydroxylation is 1. The molecule has 1 aromatic carbocycles. The molecule has 0 saturated heterocycles. The van der Waals surface area contributed by atoms with Gasteiger partial charge in [-0.25, -0.2) is 0 Å². The van der Waals surface area contributed by atoms with Gasteiger partial charge in [-0.3, -0.25) is 0 Å². The van der Waals surface area contributed by atoms with E-state index in [-0.39, 0.29) is 5.38 Å².